The number of methoxy groups -OCH3 is 1. The fourth-order valence-electron chi connectivity index (χ4n) is 5.41. The molecule has 1 saturated heterocycles. The minimum absolute atomic E-state index is 0.00435. The Kier molecular flexibility index (Phi) is 15.3. The van der Waals surface area contributed by atoms with Gasteiger partial charge in [-0.15, -0.1) is 6.58 Å². The van der Waals surface area contributed by atoms with E-state index in [4.69, 9.17) is 24.7 Å². The molecule has 0 bridgehead atoms. The first-order chi connectivity index (χ1) is 26.0. The lowest BCUT2D eigenvalue weighted by Gasteiger charge is -2.17. The van der Waals surface area contributed by atoms with Crippen LogP contribution in [0.3, 0.4) is 0 Å². The number of likely N-dealkylation sites (tertiary alicyclic amines) is 1. The predicted octanol–water partition coefficient (Wildman–Crippen LogP) is 7.09. The van der Waals surface area contributed by atoms with Gasteiger partial charge in [0.2, 0.25) is 12.3 Å². The summed E-state index contributed by atoms with van der Waals surface area (Å²) < 4.78 is 37.3. The number of pyridine rings is 1. The van der Waals surface area contributed by atoms with Crippen molar-refractivity contribution in [2.24, 2.45) is 11.1 Å². The van der Waals surface area contributed by atoms with E-state index in [0.717, 1.165) is 44.5 Å². The van der Waals surface area contributed by atoms with Gasteiger partial charge in [-0.1, -0.05) is 31.2 Å². The highest BCUT2D eigenvalue weighted by Crippen LogP contribution is 2.45. The number of para-hydroxylation sites is 1. The molecule has 3 aromatic carbocycles. The second kappa shape index (κ2) is 20.1. The van der Waals surface area contributed by atoms with Crippen LogP contribution in [0.15, 0.2) is 85.6 Å². The van der Waals surface area contributed by atoms with Crippen LogP contribution in [-0.4, -0.2) is 73.7 Å². The molecule has 2 atom stereocenters. The largest absolute Gasteiger partial charge is 0.493 e. The number of esters is 1. The lowest BCUT2D eigenvalue weighted by molar-refractivity contribution is -0.149. The zero-order valence-electron chi connectivity index (χ0n) is 31.3. The van der Waals surface area contributed by atoms with Crippen molar-refractivity contribution in [2.75, 3.05) is 44.0 Å². The second-order valence-corrected chi connectivity index (χ2v) is 13.3. The van der Waals surface area contributed by atoms with Crippen LogP contribution >= 0.6 is 0 Å². The molecule has 2 fully saturated rings. The highest BCUT2D eigenvalue weighted by atomic mass is 19.1. The third-order valence-electron chi connectivity index (χ3n) is 8.70. The number of benzene rings is 3. The molecule has 288 valence electrons. The summed E-state index contributed by atoms with van der Waals surface area (Å²) >= 11 is 0. The number of allylic oxidation sites excluding steroid dienone is 1. The molecule has 1 aromatic heterocycles. The normalized spacial score (nSPS) is 15.9. The lowest BCUT2D eigenvalue weighted by Crippen LogP contribution is -2.33. The van der Waals surface area contributed by atoms with E-state index >= 15 is 0 Å². The van der Waals surface area contributed by atoms with E-state index in [-0.39, 0.29) is 29.1 Å². The Balaban J connectivity index is 0.000000336. The van der Waals surface area contributed by atoms with Gasteiger partial charge in [0.25, 0.3) is 0 Å². The van der Waals surface area contributed by atoms with Gasteiger partial charge in [0.05, 0.1) is 19.2 Å². The first-order valence-corrected chi connectivity index (χ1v) is 17.9. The molecule has 12 nitrogen and oxygen atoms in total. The molecule has 6 rings (SSSR count). The van der Waals surface area contributed by atoms with Crippen molar-refractivity contribution in [2.45, 2.75) is 58.6 Å². The zero-order valence-corrected chi connectivity index (χ0v) is 31.3. The molecule has 54 heavy (non-hydrogen) atoms. The first-order valence-electron chi connectivity index (χ1n) is 17.9. The molecule has 2 aliphatic rings. The predicted molar refractivity (Wildman–Crippen MR) is 207 cm³/mol. The highest BCUT2D eigenvalue weighted by molar-refractivity contribution is 5.96. The fourth-order valence-corrected chi connectivity index (χ4v) is 5.41. The number of fused-ring (bicyclic) bond motifs is 1. The van der Waals surface area contributed by atoms with Crippen LogP contribution in [0.25, 0.3) is 10.9 Å². The van der Waals surface area contributed by atoms with Gasteiger partial charge in [0.15, 0.2) is 23.1 Å². The molecule has 4 aromatic rings. The SMILES string of the molecule is C=CC.CC1(C(=O)Nc2ccccc2)CC1.COc1cc2c(Oc3ccc(NC=O)cc3F)ccnc2cc1OCCCN1CCC(OC(=O)C(C)N)C1. The quantitative estimate of drug-likeness (QED) is 0.0528. The van der Waals surface area contributed by atoms with Crippen LogP contribution in [0.5, 0.6) is 23.0 Å². The Morgan fingerprint density at radius 3 is 2.46 bits per heavy atom. The highest BCUT2D eigenvalue weighted by Gasteiger charge is 2.44. The zero-order chi connectivity index (χ0) is 39.1. The molecule has 2 amide bonds. The van der Waals surface area contributed by atoms with Crippen molar-refractivity contribution in [3.8, 4) is 23.0 Å². The molecule has 0 spiro atoms. The molecule has 1 aliphatic heterocycles. The van der Waals surface area contributed by atoms with Crippen LogP contribution in [-0.2, 0) is 19.1 Å². The van der Waals surface area contributed by atoms with Crippen LogP contribution in [0.1, 0.15) is 46.5 Å². The Labute approximate surface area is 315 Å². The van der Waals surface area contributed by atoms with E-state index in [0.29, 0.717) is 53.4 Å². The standard InChI is InChI=1S/C27H31FN4O6.C11H13NO.C3H6/c1-17(29)27(34)37-19-7-10-32(15-19)9-3-11-36-26-14-22-20(13-25(26)35-2)23(6-8-30-22)38-24-5-4-18(31-16-33)12-21(24)28;1-11(7-8-11)10(13)12-9-5-3-2-4-6-9;1-3-2/h4-6,8,12-14,16-17,19H,3,7,9-11,15,29H2,1-2H3,(H,31,33);2-6H,7-8H2,1H3,(H,12,13);3H,1H2,2H3. The number of carbonyl (C=O) groups is 3. The maximum absolute atomic E-state index is 14.5. The van der Waals surface area contributed by atoms with Crippen LogP contribution in [0, 0.1) is 11.2 Å². The summed E-state index contributed by atoms with van der Waals surface area (Å²) in [5.74, 6) is 0.577. The van der Waals surface area contributed by atoms with Crippen LogP contribution in [0.2, 0.25) is 0 Å². The van der Waals surface area contributed by atoms with Crippen molar-refractivity contribution in [1.29, 1.82) is 0 Å². The molecular weight excluding hydrogens is 693 g/mol. The second-order valence-electron chi connectivity index (χ2n) is 13.3. The minimum Gasteiger partial charge on any atom is -0.493 e. The summed E-state index contributed by atoms with van der Waals surface area (Å²) in [6, 6.07) is 18.3. The van der Waals surface area contributed by atoms with E-state index in [9.17, 15) is 18.8 Å². The molecule has 13 heteroatoms. The summed E-state index contributed by atoms with van der Waals surface area (Å²) in [7, 11) is 1.54. The summed E-state index contributed by atoms with van der Waals surface area (Å²) in [5, 5.41) is 5.92. The van der Waals surface area contributed by atoms with E-state index in [1.54, 1.807) is 37.4 Å². The van der Waals surface area contributed by atoms with Crippen molar-refractivity contribution in [3.63, 3.8) is 0 Å². The van der Waals surface area contributed by atoms with Crippen molar-refractivity contribution in [3.05, 3.63) is 91.4 Å². The number of aromatic nitrogens is 1. The number of nitrogens with one attached hydrogen (secondary N) is 2. The van der Waals surface area contributed by atoms with Gasteiger partial charge >= 0.3 is 5.97 Å². The van der Waals surface area contributed by atoms with Gasteiger partial charge in [-0.2, -0.15) is 0 Å². The summed E-state index contributed by atoms with van der Waals surface area (Å²) in [6.45, 7) is 11.6. The maximum atomic E-state index is 14.5. The smallest absolute Gasteiger partial charge is 0.322 e. The third kappa shape index (κ3) is 12.0. The first kappa shape index (κ1) is 41.2. The average molecular weight is 744 g/mol. The third-order valence-corrected chi connectivity index (χ3v) is 8.70. The Bertz CT molecular complexity index is 1870. The molecule has 1 saturated carbocycles. The number of nitrogens with zero attached hydrogens (tertiary/aromatic N) is 2. The molecule has 2 heterocycles. The van der Waals surface area contributed by atoms with Crippen molar-refractivity contribution < 1.29 is 37.7 Å². The number of ether oxygens (including phenoxy) is 4. The van der Waals surface area contributed by atoms with E-state index in [1.165, 1.54) is 25.3 Å². The number of halogens is 1. The Morgan fingerprint density at radius 2 is 1.81 bits per heavy atom. The Hall–Kier alpha value is -5.53. The summed E-state index contributed by atoms with van der Waals surface area (Å²) in [6.07, 6.45) is 7.25. The summed E-state index contributed by atoms with van der Waals surface area (Å²) in [4.78, 5) is 40.5. The Morgan fingerprint density at radius 1 is 1.07 bits per heavy atom. The maximum Gasteiger partial charge on any atom is 0.322 e. The minimum atomic E-state index is -0.620. The number of carbonyl (C=O) groups excluding carboxylic acids is 3. The number of hydrogen-bond donors (Lipinski definition) is 3. The van der Waals surface area contributed by atoms with Crippen molar-refractivity contribution in [1.82, 2.24) is 9.88 Å². The number of amides is 2. The van der Waals surface area contributed by atoms with Crippen LogP contribution in [0.4, 0.5) is 15.8 Å². The van der Waals surface area contributed by atoms with E-state index in [1.807, 2.05) is 44.2 Å². The molecular formula is C41H50FN5O7. The van der Waals surface area contributed by atoms with Crippen molar-refractivity contribution >= 4 is 40.6 Å². The number of hydrogen-bond acceptors (Lipinski definition) is 10. The van der Waals surface area contributed by atoms with Gasteiger partial charge in [-0.05, 0) is 75.9 Å². The van der Waals surface area contributed by atoms with Gasteiger partial charge < -0.3 is 35.3 Å². The molecule has 4 N–H and O–H groups in total. The van der Waals surface area contributed by atoms with Gasteiger partial charge in [-0.25, -0.2) is 4.39 Å². The van der Waals surface area contributed by atoms with Gasteiger partial charge in [-0.3, -0.25) is 24.3 Å². The van der Waals surface area contributed by atoms with E-state index in [2.05, 4.69) is 27.1 Å². The number of anilines is 2. The van der Waals surface area contributed by atoms with Gasteiger partial charge in [0, 0.05) is 60.1 Å². The molecule has 0 radical (unpaired) electrons. The fraction of sp³-hybridized carbons (Fsp3) is 0.366. The average Bonchev–Trinajstić information content (AvgIpc) is 3.77. The van der Waals surface area contributed by atoms with Crippen LogP contribution < -0.4 is 30.6 Å². The molecule has 1 aliphatic carbocycles. The monoisotopic (exact) mass is 743 g/mol. The summed E-state index contributed by atoms with van der Waals surface area (Å²) in [5.41, 5.74) is 7.29. The topological polar surface area (TPSA) is 154 Å². The van der Waals surface area contributed by atoms with Gasteiger partial charge in [0.1, 0.15) is 17.9 Å². The lowest BCUT2D eigenvalue weighted by atomic mass is 10.1. The number of nitrogens with two attached hydrogens (primary N) is 1. The molecule has 2 unspecified atom stereocenters. The number of rotatable bonds is 14. The van der Waals surface area contributed by atoms with E-state index < -0.39 is 11.9 Å².